The lowest BCUT2D eigenvalue weighted by molar-refractivity contribution is 0.102. The molecule has 1 aromatic heterocycles. The number of ketones is 1. The first-order valence-corrected chi connectivity index (χ1v) is 9.07. The highest BCUT2D eigenvalue weighted by molar-refractivity contribution is 7.99. The molecule has 0 radical (unpaired) electrons. The largest absolute Gasteiger partial charge is 0.508 e. The molecule has 0 amide bonds. The smallest absolute Gasteiger partial charge is 0.176 e. The van der Waals surface area contributed by atoms with E-state index in [-0.39, 0.29) is 28.6 Å². The molecule has 0 aliphatic heterocycles. The van der Waals surface area contributed by atoms with Crippen molar-refractivity contribution in [2.24, 2.45) is 5.92 Å². The molecule has 3 aromatic rings. The Morgan fingerprint density at radius 1 is 1.20 bits per heavy atom. The third kappa shape index (κ3) is 3.79. The number of aromatic nitrogens is 2. The molecule has 130 valence electrons. The zero-order valence-electron chi connectivity index (χ0n) is 14.1. The Morgan fingerprint density at radius 3 is 2.68 bits per heavy atom. The molecule has 0 spiro atoms. The van der Waals surface area contributed by atoms with Gasteiger partial charge < -0.3 is 14.8 Å². The number of Topliss-reactive ketones (excluding diaryl/α,β-unsaturated/α-hetero) is 1. The summed E-state index contributed by atoms with van der Waals surface area (Å²) >= 11 is 1.36. The van der Waals surface area contributed by atoms with Crippen LogP contribution in [-0.4, -0.2) is 31.3 Å². The lowest BCUT2D eigenvalue weighted by Crippen LogP contribution is -2.08. The molecule has 0 fully saturated rings. The Balaban J connectivity index is 1.84. The van der Waals surface area contributed by atoms with Crippen molar-refractivity contribution in [3.05, 3.63) is 48.0 Å². The van der Waals surface area contributed by atoms with Gasteiger partial charge in [0.2, 0.25) is 0 Å². The van der Waals surface area contributed by atoms with E-state index in [1.54, 1.807) is 0 Å². The molecule has 6 heteroatoms. The number of thioether (sulfide) groups is 1. The highest BCUT2D eigenvalue weighted by atomic mass is 32.2. The van der Waals surface area contributed by atoms with Crippen LogP contribution in [0.25, 0.3) is 11.0 Å². The number of carbonyl (C=O) groups excluding carboxylic acids is 1. The molecule has 0 bridgehead atoms. The van der Waals surface area contributed by atoms with Gasteiger partial charge in [0.15, 0.2) is 10.9 Å². The van der Waals surface area contributed by atoms with Crippen molar-refractivity contribution >= 4 is 28.6 Å². The molecular formula is C19H20N2O3S. The third-order valence-electron chi connectivity index (χ3n) is 3.78. The van der Waals surface area contributed by atoms with E-state index in [9.17, 15) is 15.0 Å². The molecule has 0 atom stereocenters. The van der Waals surface area contributed by atoms with Crippen LogP contribution in [0.1, 0.15) is 24.2 Å². The van der Waals surface area contributed by atoms with E-state index in [2.05, 4.69) is 23.4 Å². The first-order valence-electron chi connectivity index (χ1n) is 8.09. The third-order valence-corrected chi connectivity index (χ3v) is 4.76. The SMILES string of the molecule is CC(C)Cn1c(SCC(=O)c2ccc(O)cc2O)nc2ccccc21. The number of fused-ring (bicyclic) bond motifs is 1. The number of hydrogen-bond acceptors (Lipinski definition) is 5. The molecule has 2 N–H and O–H groups in total. The predicted octanol–water partition coefficient (Wildman–Crippen LogP) is 4.08. The molecule has 0 unspecified atom stereocenters. The van der Waals surface area contributed by atoms with Crippen molar-refractivity contribution in [1.82, 2.24) is 9.55 Å². The van der Waals surface area contributed by atoms with E-state index in [4.69, 9.17) is 0 Å². The number of carbonyl (C=O) groups is 1. The average molecular weight is 356 g/mol. The van der Waals surface area contributed by atoms with Gasteiger partial charge in [0.25, 0.3) is 0 Å². The van der Waals surface area contributed by atoms with Gasteiger partial charge in [-0.25, -0.2) is 4.98 Å². The van der Waals surface area contributed by atoms with Gasteiger partial charge in [-0.05, 0) is 30.2 Å². The van der Waals surface area contributed by atoms with E-state index in [0.717, 1.165) is 22.7 Å². The summed E-state index contributed by atoms with van der Waals surface area (Å²) in [6, 6.07) is 11.9. The first kappa shape index (κ1) is 17.4. The van der Waals surface area contributed by atoms with Crippen LogP contribution in [0.15, 0.2) is 47.6 Å². The van der Waals surface area contributed by atoms with E-state index in [0.29, 0.717) is 5.92 Å². The Hall–Kier alpha value is -2.47. The number of rotatable bonds is 6. The zero-order valence-corrected chi connectivity index (χ0v) is 15.0. The van der Waals surface area contributed by atoms with Crippen molar-refractivity contribution < 1.29 is 15.0 Å². The Morgan fingerprint density at radius 2 is 1.96 bits per heavy atom. The summed E-state index contributed by atoms with van der Waals surface area (Å²) in [5.74, 6) is 0.140. The van der Waals surface area contributed by atoms with E-state index in [1.807, 2.05) is 24.3 Å². The fourth-order valence-electron chi connectivity index (χ4n) is 2.67. The topological polar surface area (TPSA) is 75.4 Å². The van der Waals surface area contributed by atoms with Crippen molar-refractivity contribution in [3.8, 4) is 11.5 Å². The van der Waals surface area contributed by atoms with Crippen LogP contribution in [0, 0.1) is 5.92 Å². The molecule has 25 heavy (non-hydrogen) atoms. The summed E-state index contributed by atoms with van der Waals surface area (Å²) in [6.07, 6.45) is 0. The lowest BCUT2D eigenvalue weighted by atomic mass is 10.1. The van der Waals surface area contributed by atoms with Crippen LogP contribution in [0.4, 0.5) is 0 Å². The van der Waals surface area contributed by atoms with Crippen LogP contribution < -0.4 is 0 Å². The first-order chi connectivity index (χ1) is 12.0. The van der Waals surface area contributed by atoms with Crippen LogP contribution in [0.3, 0.4) is 0 Å². The van der Waals surface area contributed by atoms with Crippen molar-refractivity contribution in [2.75, 3.05) is 5.75 Å². The predicted molar refractivity (Wildman–Crippen MR) is 99.4 cm³/mol. The van der Waals surface area contributed by atoms with Crippen LogP contribution in [0.2, 0.25) is 0 Å². The average Bonchev–Trinajstić information content (AvgIpc) is 2.90. The fourth-order valence-corrected chi connectivity index (χ4v) is 3.58. The molecule has 0 saturated carbocycles. The Bertz CT molecular complexity index is 918. The number of aromatic hydroxyl groups is 2. The van der Waals surface area contributed by atoms with Crippen molar-refractivity contribution in [2.45, 2.75) is 25.5 Å². The molecule has 2 aromatic carbocycles. The number of phenols is 2. The quantitative estimate of drug-likeness (QED) is 0.514. The molecule has 3 rings (SSSR count). The number of benzene rings is 2. The van der Waals surface area contributed by atoms with Gasteiger partial charge in [-0.3, -0.25) is 4.79 Å². The summed E-state index contributed by atoms with van der Waals surface area (Å²) in [5.41, 5.74) is 2.17. The van der Waals surface area contributed by atoms with Gasteiger partial charge in [-0.2, -0.15) is 0 Å². The highest BCUT2D eigenvalue weighted by Crippen LogP contribution is 2.28. The van der Waals surface area contributed by atoms with Crippen LogP contribution >= 0.6 is 11.8 Å². The molecule has 5 nitrogen and oxygen atoms in total. The van der Waals surface area contributed by atoms with Gasteiger partial charge >= 0.3 is 0 Å². The number of hydrogen-bond donors (Lipinski definition) is 2. The Kier molecular flexibility index (Phi) is 4.99. The summed E-state index contributed by atoms with van der Waals surface area (Å²) in [6.45, 7) is 5.10. The number of phenolic OH excluding ortho intramolecular Hbond substituents is 2. The summed E-state index contributed by atoms with van der Waals surface area (Å²) in [7, 11) is 0. The second kappa shape index (κ2) is 7.19. The van der Waals surface area contributed by atoms with Crippen molar-refractivity contribution in [1.29, 1.82) is 0 Å². The highest BCUT2D eigenvalue weighted by Gasteiger charge is 2.16. The van der Waals surface area contributed by atoms with Gasteiger partial charge in [0.05, 0.1) is 22.3 Å². The van der Waals surface area contributed by atoms with E-state index in [1.165, 1.54) is 30.0 Å². The monoisotopic (exact) mass is 356 g/mol. The summed E-state index contributed by atoms with van der Waals surface area (Å²) in [4.78, 5) is 17.0. The Labute approximate surface area is 150 Å². The van der Waals surface area contributed by atoms with Gasteiger partial charge in [-0.15, -0.1) is 0 Å². The maximum Gasteiger partial charge on any atom is 0.176 e. The fraction of sp³-hybridized carbons (Fsp3) is 0.263. The summed E-state index contributed by atoms with van der Waals surface area (Å²) < 4.78 is 2.13. The molecular weight excluding hydrogens is 336 g/mol. The van der Waals surface area contributed by atoms with Gasteiger partial charge in [-0.1, -0.05) is 37.7 Å². The second-order valence-electron chi connectivity index (χ2n) is 6.30. The summed E-state index contributed by atoms with van der Waals surface area (Å²) in [5, 5.41) is 20.0. The van der Waals surface area contributed by atoms with E-state index < -0.39 is 0 Å². The number of para-hydroxylation sites is 2. The maximum atomic E-state index is 12.4. The normalized spacial score (nSPS) is 11.3. The zero-order chi connectivity index (χ0) is 18.0. The minimum Gasteiger partial charge on any atom is -0.508 e. The van der Waals surface area contributed by atoms with E-state index >= 15 is 0 Å². The minimum atomic E-state index is -0.207. The molecule has 0 saturated heterocycles. The second-order valence-corrected chi connectivity index (χ2v) is 7.24. The van der Waals surface area contributed by atoms with Crippen LogP contribution in [-0.2, 0) is 6.54 Å². The number of nitrogens with zero attached hydrogens (tertiary/aromatic N) is 2. The maximum absolute atomic E-state index is 12.4. The lowest BCUT2D eigenvalue weighted by Gasteiger charge is -2.11. The van der Waals surface area contributed by atoms with Gasteiger partial charge in [0.1, 0.15) is 11.5 Å². The number of imidazole rings is 1. The van der Waals surface area contributed by atoms with Crippen molar-refractivity contribution in [3.63, 3.8) is 0 Å². The van der Waals surface area contributed by atoms with Crippen LogP contribution in [0.5, 0.6) is 11.5 Å². The van der Waals surface area contributed by atoms with Gasteiger partial charge in [0, 0.05) is 12.6 Å². The minimum absolute atomic E-state index is 0.0690. The molecule has 0 aliphatic carbocycles. The molecule has 1 heterocycles. The molecule has 0 aliphatic rings. The standard InChI is InChI=1S/C19H20N2O3S/c1-12(2)10-21-16-6-4-3-5-15(16)20-19(21)25-11-18(24)14-8-7-13(22)9-17(14)23/h3-9,12,22-23H,10-11H2,1-2H3.